The van der Waals surface area contributed by atoms with Crippen LogP contribution in [-0.2, 0) is 4.74 Å². The Morgan fingerprint density at radius 1 is 0.828 bits per heavy atom. The summed E-state index contributed by atoms with van der Waals surface area (Å²) in [6, 6.07) is 8.28. The molecule has 0 amide bonds. The first-order valence-corrected chi connectivity index (χ1v) is 12.5. The number of ether oxygens (including phenoxy) is 1. The van der Waals surface area contributed by atoms with Crippen molar-refractivity contribution in [2.24, 2.45) is 17.8 Å². The second-order valence-electron chi connectivity index (χ2n) is 9.65. The molecule has 2 fully saturated rings. The smallest absolute Gasteiger partial charge is 0.338 e. The standard InChI is InChI=1S/C27H42O2/c1-3-5-6-20-29-27(28)26-18-16-25(17-19-26)24-14-12-23(13-15-24)22-10-8-21(7-4-2)9-11-22/h16-19,21-24H,3-15,20H2,1-2H3. The van der Waals surface area contributed by atoms with Crippen LogP contribution in [0, 0.1) is 17.8 Å². The maximum Gasteiger partial charge on any atom is 0.338 e. The number of rotatable bonds is 9. The van der Waals surface area contributed by atoms with Crippen LogP contribution in [0.15, 0.2) is 24.3 Å². The van der Waals surface area contributed by atoms with Crippen LogP contribution in [0.4, 0.5) is 0 Å². The Balaban J connectivity index is 1.42. The lowest BCUT2D eigenvalue weighted by Crippen LogP contribution is -2.25. The van der Waals surface area contributed by atoms with E-state index in [0.717, 1.165) is 37.0 Å². The molecule has 0 aliphatic heterocycles. The van der Waals surface area contributed by atoms with Crippen molar-refractivity contribution in [1.29, 1.82) is 0 Å². The minimum absolute atomic E-state index is 0.171. The molecular weight excluding hydrogens is 356 g/mol. The average molecular weight is 399 g/mol. The molecule has 1 aromatic carbocycles. The summed E-state index contributed by atoms with van der Waals surface area (Å²) in [6.45, 7) is 5.03. The van der Waals surface area contributed by atoms with Gasteiger partial charge in [0.1, 0.15) is 0 Å². The lowest BCUT2D eigenvalue weighted by Gasteiger charge is -2.38. The van der Waals surface area contributed by atoms with Gasteiger partial charge in [-0.1, -0.05) is 64.5 Å². The van der Waals surface area contributed by atoms with Crippen LogP contribution in [0.5, 0.6) is 0 Å². The molecule has 0 spiro atoms. The molecule has 2 saturated carbocycles. The van der Waals surface area contributed by atoms with Gasteiger partial charge in [0.25, 0.3) is 0 Å². The maximum absolute atomic E-state index is 12.2. The van der Waals surface area contributed by atoms with E-state index in [1.54, 1.807) is 0 Å². The van der Waals surface area contributed by atoms with Gasteiger partial charge in [0.2, 0.25) is 0 Å². The van der Waals surface area contributed by atoms with Crippen molar-refractivity contribution in [2.45, 2.75) is 103 Å². The monoisotopic (exact) mass is 398 g/mol. The molecule has 0 heterocycles. The van der Waals surface area contributed by atoms with Gasteiger partial charge in [0.15, 0.2) is 0 Å². The molecule has 162 valence electrons. The molecule has 0 unspecified atom stereocenters. The highest BCUT2D eigenvalue weighted by atomic mass is 16.5. The maximum atomic E-state index is 12.2. The topological polar surface area (TPSA) is 26.3 Å². The Bertz CT molecular complexity index is 589. The van der Waals surface area contributed by atoms with Crippen molar-refractivity contribution < 1.29 is 9.53 Å². The predicted molar refractivity (Wildman–Crippen MR) is 121 cm³/mol. The number of unbranched alkanes of at least 4 members (excludes halogenated alkanes) is 2. The van der Waals surface area contributed by atoms with Crippen LogP contribution in [-0.4, -0.2) is 12.6 Å². The van der Waals surface area contributed by atoms with Crippen molar-refractivity contribution in [1.82, 2.24) is 0 Å². The summed E-state index contributed by atoms with van der Waals surface area (Å²) in [5.41, 5.74) is 2.11. The van der Waals surface area contributed by atoms with Crippen molar-refractivity contribution in [3.63, 3.8) is 0 Å². The third kappa shape index (κ3) is 6.59. The van der Waals surface area contributed by atoms with E-state index in [1.165, 1.54) is 69.8 Å². The van der Waals surface area contributed by atoms with Gasteiger partial charge >= 0.3 is 5.97 Å². The van der Waals surface area contributed by atoms with Crippen LogP contribution in [0.25, 0.3) is 0 Å². The zero-order valence-corrected chi connectivity index (χ0v) is 18.8. The first kappa shape index (κ1) is 22.4. The third-order valence-corrected chi connectivity index (χ3v) is 7.63. The van der Waals surface area contributed by atoms with Gasteiger partial charge in [-0.05, 0) is 86.3 Å². The van der Waals surface area contributed by atoms with Crippen LogP contribution in [0.1, 0.15) is 119 Å². The van der Waals surface area contributed by atoms with Gasteiger partial charge in [-0.2, -0.15) is 0 Å². The van der Waals surface area contributed by atoms with E-state index in [0.29, 0.717) is 18.1 Å². The molecule has 2 aliphatic carbocycles. The first-order chi connectivity index (χ1) is 14.2. The molecule has 0 aromatic heterocycles. The van der Waals surface area contributed by atoms with Gasteiger partial charge in [-0.15, -0.1) is 0 Å². The molecule has 1 aromatic rings. The summed E-state index contributed by atoms with van der Waals surface area (Å²) in [4.78, 5) is 12.2. The number of hydrogen-bond acceptors (Lipinski definition) is 2. The summed E-state index contributed by atoms with van der Waals surface area (Å²) in [5, 5.41) is 0. The molecule has 2 heteroatoms. The van der Waals surface area contributed by atoms with Crippen LogP contribution in [0.3, 0.4) is 0 Å². The van der Waals surface area contributed by atoms with Gasteiger partial charge in [0, 0.05) is 0 Å². The second kappa shape index (κ2) is 11.8. The molecule has 29 heavy (non-hydrogen) atoms. The Hall–Kier alpha value is -1.31. The third-order valence-electron chi connectivity index (χ3n) is 7.63. The highest BCUT2D eigenvalue weighted by molar-refractivity contribution is 5.89. The normalized spacial score (nSPS) is 27.5. The zero-order chi connectivity index (χ0) is 20.5. The van der Waals surface area contributed by atoms with Gasteiger partial charge in [0.05, 0.1) is 12.2 Å². The number of carbonyl (C=O) groups excluding carboxylic acids is 1. The molecular formula is C27H42O2. The summed E-state index contributed by atoms with van der Waals surface area (Å²) in [6.07, 6.45) is 17.4. The molecule has 0 saturated heterocycles. The summed E-state index contributed by atoms with van der Waals surface area (Å²) >= 11 is 0. The van der Waals surface area contributed by atoms with E-state index in [4.69, 9.17) is 4.74 Å². The van der Waals surface area contributed by atoms with Gasteiger partial charge in [-0.3, -0.25) is 0 Å². The fourth-order valence-corrected chi connectivity index (χ4v) is 5.77. The first-order valence-electron chi connectivity index (χ1n) is 12.5. The van der Waals surface area contributed by atoms with Crippen molar-refractivity contribution >= 4 is 5.97 Å². The van der Waals surface area contributed by atoms with E-state index in [-0.39, 0.29) is 5.97 Å². The summed E-state index contributed by atoms with van der Waals surface area (Å²) in [5.74, 6) is 3.48. The van der Waals surface area contributed by atoms with E-state index < -0.39 is 0 Å². The Morgan fingerprint density at radius 2 is 1.45 bits per heavy atom. The number of benzene rings is 1. The second-order valence-corrected chi connectivity index (χ2v) is 9.65. The highest BCUT2D eigenvalue weighted by Crippen LogP contribution is 2.44. The molecule has 0 atom stereocenters. The lowest BCUT2D eigenvalue weighted by atomic mass is 9.68. The fraction of sp³-hybridized carbons (Fsp3) is 0.741. The van der Waals surface area contributed by atoms with Crippen molar-refractivity contribution in [3.05, 3.63) is 35.4 Å². The molecule has 0 radical (unpaired) electrons. The predicted octanol–water partition coefficient (Wildman–Crippen LogP) is 7.91. The molecule has 0 N–H and O–H groups in total. The summed E-state index contributed by atoms with van der Waals surface area (Å²) in [7, 11) is 0. The summed E-state index contributed by atoms with van der Waals surface area (Å²) < 4.78 is 5.38. The van der Waals surface area contributed by atoms with Crippen LogP contribution >= 0.6 is 0 Å². The fourth-order valence-electron chi connectivity index (χ4n) is 5.77. The Morgan fingerprint density at radius 3 is 2.03 bits per heavy atom. The minimum Gasteiger partial charge on any atom is -0.462 e. The molecule has 3 rings (SSSR count). The van der Waals surface area contributed by atoms with Gasteiger partial charge in [-0.25, -0.2) is 4.79 Å². The molecule has 0 bridgehead atoms. The average Bonchev–Trinajstić information content (AvgIpc) is 2.78. The minimum atomic E-state index is -0.171. The van der Waals surface area contributed by atoms with Crippen LogP contribution < -0.4 is 0 Å². The van der Waals surface area contributed by atoms with Crippen molar-refractivity contribution in [3.8, 4) is 0 Å². The number of esters is 1. The van der Waals surface area contributed by atoms with Crippen LogP contribution in [0.2, 0.25) is 0 Å². The van der Waals surface area contributed by atoms with E-state index in [9.17, 15) is 4.79 Å². The molecule has 2 aliphatic rings. The number of hydrogen-bond donors (Lipinski definition) is 0. The highest BCUT2D eigenvalue weighted by Gasteiger charge is 2.31. The Labute approximate surface area is 178 Å². The Kier molecular flexibility index (Phi) is 9.08. The molecule has 2 nitrogen and oxygen atoms in total. The van der Waals surface area contributed by atoms with E-state index in [1.807, 2.05) is 12.1 Å². The van der Waals surface area contributed by atoms with Gasteiger partial charge < -0.3 is 4.74 Å². The quantitative estimate of drug-likeness (QED) is 0.312. The van der Waals surface area contributed by atoms with E-state index >= 15 is 0 Å². The lowest BCUT2D eigenvalue weighted by molar-refractivity contribution is 0.0498. The van der Waals surface area contributed by atoms with Crippen molar-refractivity contribution in [2.75, 3.05) is 6.61 Å². The largest absolute Gasteiger partial charge is 0.462 e. The van der Waals surface area contributed by atoms with E-state index in [2.05, 4.69) is 26.0 Å². The number of carbonyl (C=O) groups is 1. The zero-order valence-electron chi connectivity index (χ0n) is 18.8. The SMILES string of the molecule is CCCCCOC(=O)c1ccc(C2CCC(C3CCC(CCC)CC3)CC2)cc1.